The fraction of sp³-hybridized carbons (Fsp3) is 0.178. The quantitative estimate of drug-likeness (QED) is 0.149. The molecule has 0 unspecified atom stereocenters. The highest BCUT2D eigenvalue weighted by Crippen LogP contribution is 2.34. The minimum Gasteiger partial charge on any atom is -0.493 e. The number of benzene rings is 10. The average molecular weight is 1130 g/mol. The summed E-state index contributed by atoms with van der Waals surface area (Å²) in [6.07, 6.45) is 0. The molecule has 10 aromatic rings. The summed E-state index contributed by atoms with van der Waals surface area (Å²) < 4.78 is 27.2. The lowest BCUT2D eigenvalue weighted by Crippen LogP contribution is -2.45. The first-order valence-electron chi connectivity index (χ1n) is 27.7. The van der Waals surface area contributed by atoms with Crippen LogP contribution in [-0.4, -0.2) is 26.4 Å². The maximum Gasteiger partial charge on any atom is 0.119 e. The maximum atomic E-state index is 6.79. The Balaban J connectivity index is 0.797. The van der Waals surface area contributed by atoms with Gasteiger partial charge in [0.25, 0.3) is 0 Å². The lowest BCUT2D eigenvalue weighted by atomic mass is 9.92. The Bertz CT molecular complexity index is 3130. The Morgan fingerprint density at radius 2 is 0.395 bits per heavy atom. The monoisotopic (exact) mass is 1130 g/mol. The van der Waals surface area contributed by atoms with Crippen molar-refractivity contribution in [3.8, 4) is 67.5 Å². The summed E-state index contributed by atoms with van der Waals surface area (Å²) in [5, 5.41) is 0. The summed E-state index contributed by atoms with van der Waals surface area (Å²) in [6, 6.07) is 88.1. The molecule has 24 rings (SSSR count). The summed E-state index contributed by atoms with van der Waals surface area (Å²) in [5.74, 6) is 10.5. The topological polar surface area (TPSA) is 36.9 Å². The summed E-state index contributed by atoms with van der Waals surface area (Å²) in [4.78, 5) is 0. The zero-order chi connectivity index (χ0) is 54.5. The number of rotatable bonds is 0. The van der Waals surface area contributed by atoms with Gasteiger partial charge in [-0.1, -0.05) is 182 Å². The molecule has 0 amide bonds. The second-order valence-corrected chi connectivity index (χ2v) is 25.1. The molecule has 10 aromatic carbocycles. The Labute approximate surface area is 495 Å². The van der Waals surface area contributed by atoms with Crippen LogP contribution in [-0.2, 0) is 46.0 Å². The van der Waals surface area contributed by atoms with Gasteiger partial charge in [-0.15, -0.1) is 0 Å². The van der Waals surface area contributed by atoms with Gasteiger partial charge in [0.2, 0.25) is 0 Å². The standard InChI is InChI=1S/C73H64O4S4/c1-3-65-39-66(4-1)62-25-9-54(10-26-62)42-79-46-58-17-33-70(34-18-58)75-50-73(49-74-69-31-15-57(16-32-69)45-78-41-53-7-23-61(65)24-8-53)51-76-71-35-19-59(20-36-71)47-80-43-55-11-27-63(28-12-55)67-5-2-6-68(40-67)64-29-13-56(14-30-64)44-81-48-60-21-37-72(38-22-60)77-52-73/h1-40H,41-52H2. The molecule has 0 aliphatic carbocycles. The number of thioether (sulfide) groups is 4. The summed E-state index contributed by atoms with van der Waals surface area (Å²) in [5.41, 5.74) is 19.3. The van der Waals surface area contributed by atoms with Gasteiger partial charge >= 0.3 is 0 Å². The molecule has 14 aliphatic rings. The molecule has 0 saturated carbocycles. The first-order valence-corrected chi connectivity index (χ1v) is 32.4. The van der Waals surface area contributed by atoms with Crippen molar-refractivity contribution in [3.63, 3.8) is 0 Å². The Hall–Kier alpha value is -7.20. The molecule has 0 saturated heterocycles. The van der Waals surface area contributed by atoms with E-state index in [4.69, 9.17) is 18.9 Å². The van der Waals surface area contributed by atoms with E-state index in [1.807, 2.05) is 47.0 Å². The van der Waals surface area contributed by atoms with Crippen molar-refractivity contribution in [2.24, 2.45) is 5.41 Å². The normalized spacial score (nSPS) is 15.1. The third-order valence-electron chi connectivity index (χ3n) is 14.9. The summed E-state index contributed by atoms with van der Waals surface area (Å²) in [7, 11) is 0. The lowest BCUT2D eigenvalue weighted by Gasteiger charge is -2.33. The van der Waals surface area contributed by atoms with Crippen LogP contribution in [0, 0.1) is 5.41 Å². The molecule has 4 nitrogen and oxygen atoms in total. The van der Waals surface area contributed by atoms with E-state index in [1.165, 1.54) is 89.0 Å². The minimum absolute atomic E-state index is 0.300. The third-order valence-corrected chi connectivity index (χ3v) is 19.2. The molecular weight excluding hydrogens is 1070 g/mol. The van der Waals surface area contributed by atoms with E-state index < -0.39 is 5.41 Å². The van der Waals surface area contributed by atoms with Crippen LogP contribution in [0.3, 0.4) is 0 Å². The van der Waals surface area contributed by atoms with Crippen LogP contribution in [0.1, 0.15) is 44.5 Å². The van der Waals surface area contributed by atoms with Gasteiger partial charge in [-0.25, -0.2) is 0 Å². The van der Waals surface area contributed by atoms with Crippen molar-refractivity contribution in [3.05, 3.63) is 287 Å². The van der Waals surface area contributed by atoms with Gasteiger partial charge in [0.05, 0.1) is 0 Å². The molecule has 14 heterocycles. The molecular formula is C73H64O4S4. The molecule has 0 fully saturated rings. The second-order valence-electron chi connectivity index (χ2n) is 21.2. The van der Waals surface area contributed by atoms with E-state index in [9.17, 15) is 0 Å². The van der Waals surface area contributed by atoms with Gasteiger partial charge in [0, 0.05) is 46.0 Å². The SMILES string of the molecule is c1cc2cc(c1)-c1ccc(cc1)CSCc1ccc(cc1)OCC1(COc3ccc(cc3)CSCc3ccc-2cc3)COc2ccc(cc2)CSCc2ccc(cc2)-c2cccc(c2)-c2ccc(cc2)CSCc2ccc(cc2)OC1. The van der Waals surface area contributed by atoms with E-state index in [2.05, 4.69) is 243 Å². The van der Waals surface area contributed by atoms with Crippen molar-refractivity contribution >= 4 is 47.0 Å². The van der Waals surface area contributed by atoms with E-state index in [1.54, 1.807) is 0 Å². The highest BCUT2D eigenvalue weighted by Gasteiger charge is 2.36. The van der Waals surface area contributed by atoms with Crippen molar-refractivity contribution in [2.45, 2.75) is 46.0 Å². The van der Waals surface area contributed by atoms with E-state index in [-0.39, 0.29) is 0 Å². The highest BCUT2D eigenvalue weighted by atomic mass is 32.2. The van der Waals surface area contributed by atoms with Crippen LogP contribution in [0.25, 0.3) is 44.5 Å². The Morgan fingerprint density at radius 1 is 0.210 bits per heavy atom. The van der Waals surface area contributed by atoms with Crippen molar-refractivity contribution < 1.29 is 18.9 Å². The highest BCUT2D eigenvalue weighted by molar-refractivity contribution is 7.98. The van der Waals surface area contributed by atoms with E-state index in [0.29, 0.717) is 26.4 Å². The van der Waals surface area contributed by atoms with Crippen LogP contribution in [0.4, 0.5) is 0 Å². The Morgan fingerprint density at radius 3 is 0.593 bits per heavy atom. The van der Waals surface area contributed by atoms with Crippen LogP contribution >= 0.6 is 47.0 Å². The lowest BCUT2D eigenvalue weighted by molar-refractivity contribution is -0.00353. The van der Waals surface area contributed by atoms with Crippen LogP contribution in [0.2, 0.25) is 0 Å². The third kappa shape index (κ3) is 14.8. The molecule has 20 bridgehead atoms. The van der Waals surface area contributed by atoms with E-state index >= 15 is 0 Å². The average Bonchev–Trinajstić information content (AvgIpc) is 3.52. The fourth-order valence-electron chi connectivity index (χ4n) is 10.0. The van der Waals surface area contributed by atoms with Crippen molar-refractivity contribution in [2.75, 3.05) is 26.4 Å². The van der Waals surface area contributed by atoms with Crippen molar-refractivity contribution in [1.82, 2.24) is 0 Å². The number of ether oxygens (including phenoxy) is 4. The molecule has 0 radical (unpaired) electrons. The van der Waals surface area contributed by atoms with Gasteiger partial charge in [-0.05, 0) is 150 Å². The first kappa shape index (κ1) is 54.4. The van der Waals surface area contributed by atoms with Gasteiger partial charge in [0.15, 0.2) is 0 Å². The zero-order valence-corrected chi connectivity index (χ0v) is 48.6. The summed E-state index contributed by atoms with van der Waals surface area (Å²) >= 11 is 7.68. The number of hydrogen-bond acceptors (Lipinski definition) is 8. The zero-order valence-electron chi connectivity index (χ0n) is 45.3. The molecule has 1 spiro atoms. The molecule has 81 heavy (non-hydrogen) atoms. The predicted octanol–water partition coefficient (Wildman–Crippen LogP) is 19.3. The minimum atomic E-state index is -0.729. The molecule has 0 aromatic heterocycles. The molecule has 0 N–H and O–H groups in total. The van der Waals surface area contributed by atoms with Gasteiger partial charge in [-0.3, -0.25) is 0 Å². The molecule has 404 valence electrons. The van der Waals surface area contributed by atoms with Gasteiger partial charge in [-0.2, -0.15) is 47.0 Å². The molecule has 8 heteroatoms. The van der Waals surface area contributed by atoms with Crippen LogP contribution < -0.4 is 18.9 Å². The molecule has 0 atom stereocenters. The fourth-order valence-corrected chi connectivity index (χ4v) is 13.8. The van der Waals surface area contributed by atoms with Gasteiger partial charge < -0.3 is 18.9 Å². The van der Waals surface area contributed by atoms with Crippen molar-refractivity contribution in [1.29, 1.82) is 0 Å². The van der Waals surface area contributed by atoms with E-state index in [0.717, 1.165) is 69.0 Å². The molecule has 14 aliphatic heterocycles. The first-order chi connectivity index (χ1) is 40.0. The predicted molar refractivity (Wildman–Crippen MR) is 345 cm³/mol. The Kier molecular flexibility index (Phi) is 17.9. The van der Waals surface area contributed by atoms with Crippen LogP contribution in [0.15, 0.2) is 243 Å². The number of hydrogen-bond donors (Lipinski definition) is 0. The maximum absolute atomic E-state index is 6.79. The van der Waals surface area contributed by atoms with Gasteiger partial charge in [0.1, 0.15) is 54.8 Å². The largest absolute Gasteiger partial charge is 0.493 e. The smallest absolute Gasteiger partial charge is 0.119 e. The second kappa shape index (κ2) is 26.6. The summed E-state index contributed by atoms with van der Waals surface area (Å²) in [6.45, 7) is 1.20. The van der Waals surface area contributed by atoms with Crippen LogP contribution in [0.5, 0.6) is 23.0 Å².